The van der Waals surface area contributed by atoms with Gasteiger partial charge in [0.05, 0.1) is 6.54 Å². The van der Waals surface area contributed by atoms with Gasteiger partial charge in [-0.3, -0.25) is 4.79 Å². The smallest absolute Gasteiger partial charge is 0.255 e. The summed E-state index contributed by atoms with van der Waals surface area (Å²) in [5.74, 6) is 5.02. The number of carbonyl (C=O) groups is 1. The highest BCUT2D eigenvalue weighted by Crippen LogP contribution is 2.17. The molecule has 0 aromatic heterocycles. The summed E-state index contributed by atoms with van der Waals surface area (Å²) in [4.78, 5) is 12.1. The Morgan fingerprint density at radius 1 is 1.24 bits per heavy atom. The minimum absolute atomic E-state index is 0.283. The number of aryl methyl sites for hydroxylation is 1. The van der Waals surface area contributed by atoms with Crippen LogP contribution in [0.25, 0.3) is 0 Å². The maximum absolute atomic E-state index is 12.9. The molecule has 2 aromatic rings. The molecule has 0 spiro atoms. The Morgan fingerprint density at radius 3 is 2.62 bits per heavy atom. The number of amides is 1. The first-order valence-electron chi connectivity index (χ1n) is 6.46. The molecule has 1 amide bonds. The molecule has 0 aliphatic carbocycles. The average molecular weight is 282 g/mol. The van der Waals surface area contributed by atoms with Gasteiger partial charge < -0.3 is 11.1 Å². The molecule has 3 nitrogen and oxygen atoms in total. The van der Waals surface area contributed by atoms with Gasteiger partial charge in [0.1, 0.15) is 5.82 Å². The fourth-order valence-corrected chi connectivity index (χ4v) is 1.78. The van der Waals surface area contributed by atoms with Crippen LogP contribution >= 0.6 is 0 Å². The summed E-state index contributed by atoms with van der Waals surface area (Å²) in [7, 11) is 0. The van der Waals surface area contributed by atoms with Crippen molar-refractivity contribution < 1.29 is 9.18 Å². The summed E-state index contributed by atoms with van der Waals surface area (Å²) >= 11 is 0. The van der Waals surface area contributed by atoms with E-state index >= 15 is 0 Å². The zero-order chi connectivity index (χ0) is 15.2. The second kappa shape index (κ2) is 6.69. The van der Waals surface area contributed by atoms with E-state index in [0.717, 1.165) is 11.1 Å². The second-order valence-electron chi connectivity index (χ2n) is 4.50. The van der Waals surface area contributed by atoms with Crippen LogP contribution in [0.15, 0.2) is 42.5 Å². The molecule has 21 heavy (non-hydrogen) atoms. The molecular formula is C17H15FN2O. The van der Waals surface area contributed by atoms with Crippen molar-refractivity contribution >= 4 is 11.6 Å². The Hall–Kier alpha value is -2.64. The van der Waals surface area contributed by atoms with Crippen molar-refractivity contribution in [2.24, 2.45) is 5.73 Å². The molecule has 2 rings (SSSR count). The summed E-state index contributed by atoms with van der Waals surface area (Å²) in [5, 5.41) is 2.80. The second-order valence-corrected chi connectivity index (χ2v) is 4.50. The SMILES string of the molecule is Cc1ccc(C#CCN)cc1NC(=O)c1ccc(F)cc1. The van der Waals surface area contributed by atoms with Crippen molar-refractivity contribution in [3.63, 3.8) is 0 Å². The lowest BCUT2D eigenvalue weighted by Crippen LogP contribution is -2.12. The molecule has 0 aliphatic heterocycles. The monoisotopic (exact) mass is 282 g/mol. The minimum Gasteiger partial charge on any atom is -0.322 e. The number of nitrogens with one attached hydrogen (secondary N) is 1. The summed E-state index contributed by atoms with van der Waals surface area (Å²) < 4.78 is 12.9. The van der Waals surface area contributed by atoms with Gasteiger partial charge in [-0.15, -0.1) is 0 Å². The van der Waals surface area contributed by atoms with Gasteiger partial charge in [-0.25, -0.2) is 4.39 Å². The minimum atomic E-state index is -0.373. The average Bonchev–Trinajstić information content (AvgIpc) is 2.48. The van der Waals surface area contributed by atoms with E-state index in [1.807, 2.05) is 19.1 Å². The molecule has 0 saturated heterocycles. The molecule has 0 atom stereocenters. The number of rotatable bonds is 2. The molecule has 2 aromatic carbocycles. The highest BCUT2D eigenvalue weighted by Gasteiger charge is 2.08. The lowest BCUT2D eigenvalue weighted by atomic mass is 10.1. The van der Waals surface area contributed by atoms with Crippen LogP contribution in [-0.2, 0) is 0 Å². The Balaban J connectivity index is 2.22. The highest BCUT2D eigenvalue weighted by molar-refractivity contribution is 6.04. The molecule has 0 bridgehead atoms. The van der Waals surface area contributed by atoms with Crippen LogP contribution in [0.4, 0.5) is 10.1 Å². The lowest BCUT2D eigenvalue weighted by Gasteiger charge is -2.09. The first-order valence-corrected chi connectivity index (χ1v) is 6.46. The molecule has 4 heteroatoms. The van der Waals surface area contributed by atoms with E-state index in [4.69, 9.17) is 5.73 Å². The van der Waals surface area contributed by atoms with Gasteiger partial charge in [0.15, 0.2) is 0 Å². The maximum atomic E-state index is 12.9. The molecule has 0 aliphatic rings. The third-order valence-electron chi connectivity index (χ3n) is 2.93. The number of hydrogen-bond donors (Lipinski definition) is 2. The topological polar surface area (TPSA) is 55.1 Å². The van der Waals surface area contributed by atoms with E-state index in [1.165, 1.54) is 24.3 Å². The van der Waals surface area contributed by atoms with Crippen LogP contribution < -0.4 is 11.1 Å². The van der Waals surface area contributed by atoms with Gasteiger partial charge in [0.25, 0.3) is 5.91 Å². The van der Waals surface area contributed by atoms with E-state index in [1.54, 1.807) is 6.07 Å². The normalized spacial score (nSPS) is 9.67. The molecule has 0 unspecified atom stereocenters. The molecule has 3 N–H and O–H groups in total. The predicted molar refractivity (Wildman–Crippen MR) is 81.5 cm³/mol. The van der Waals surface area contributed by atoms with Gasteiger partial charge in [0.2, 0.25) is 0 Å². The quantitative estimate of drug-likeness (QED) is 0.832. The third kappa shape index (κ3) is 3.91. The van der Waals surface area contributed by atoms with Crippen molar-refractivity contribution in [1.29, 1.82) is 0 Å². The Labute approximate surface area is 123 Å². The number of hydrogen-bond acceptors (Lipinski definition) is 2. The van der Waals surface area contributed by atoms with Gasteiger partial charge >= 0.3 is 0 Å². The van der Waals surface area contributed by atoms with Crippen LogP contribution in [0, 0.1) is 24.6 Å². The van der Waals surface area contributed by atoms with Crippen molar-refractivity contribution in [2.45, 2.75) is 6.92 Å². The maximum Gasteiger partial charge on any atom is 0.255 e. The molecule has 0 radical (unpaired) electrons. The predicted octanol–water partition coefficient (Wildman–Crippen LogP) is 2.70. The van der Waals surface area contributed by atoms with E-state index < -0.39 is 0 Å². The van der Waals surface area contributed by atoms with E-state index in [9.17, 15) is 9.18 Å². The Morgan fingerprint density at radius 2 is 1.95 bits per heavy atom. The van der Waals surface area contributed by atoms with Crippen LogP contribution in [-0.4, -0.2) is 12.5 Å². The summed E-state index contributed by atoms with van der Waals surface area (Å²) in [6.45, 7) is 2.17. The summed E-state index contributed by atoms with van der Waals surface area (Å²) in [5.41, 5.74) is 8.11. The van der Waals surface area contributed by atoms with E-state index in [0.29, 0.717) is 11.3 Å². The van der Waals surface area contributed by atoms with Gasteiger partial charge in [-0.05, 0) is 48.9 Å². The summed E-state index contributed by atoms with van der Waals surface area (Å²) in [6, 6.07) is 10.9. The third-order valence-corrected chi connectivity index (χ3v) is 2.93. The van der Waals surface area contributed by atoms with Crippen LogP contribution in [0.1, 0.15) is 21.5 Å². The van der Waals surface area contributed by atoms with Crippen molar-refractivity contribution in [1.82, 2.24) is 0 Å². The Kier molecular flexibility index (Phi) is 4.70. The number of anilines is 1. The van der Waals surface area contributed by atoms with Gasteiger partial charge in [-0.2, -0.15) is 0 Å². The lowest BCUT2D eigenvalue weighted by molar-refractivity contribution is 0.102. The summed E-state index contributed by atoms with van der Waals surface area (Å²) in [6.07, 6.45) is 0. The Bertz CT molecular complexity index is 712. The fraction of sp³-hybridized carbons (Fsp3) is 0.118. The fourth-order valence-electron chi connectivity index (χ4n) is 1.78. The standard InChI is InChI=1S/C17H15FN2O/c1-12-4-5-13(3-2-10-19)11-16(12)20-17(21)14-6-8-15(18)9-7-14/h4-9,11H,10,19H2,1H3,(H,20,21). The zero-order valence-electron chi connectivity index (χ0n) is 11.6. The van der Waals surface area contributed by atoms with Crippen LogP contribution in [0.2, 0.25) is 0 Å². The number of carbonyl (C=O) groups excluding carboxylic acids is 1. The first kappa shape index (κ1) is 14.8. The van der Waals surface area contributed by atoms with E-state index in [2.05, 4.69) is 17.2 Å². The van der Waals surface area contributed by atoms with E-state index in [-0.39, 0.29) is 18.3 Å². The number of halogens is 1. The highest BCUT2D eigenvalue weighted by atomic mass is 19.1. The number of nitrogens with two attached hydrogens (primary N) is 1. The number of benzene rings is 2. The van der Waals surface area contributed by atoms with Crippen LogP contribution in [0.3, 0.4) is 0 Å². The van der Waals surface area contributed by atoms with Crippen molar-refractivity contribution in [3.05, 3.63) is 65.0 Å². The van der Waals surface area contributed by atoms with Crippen molar-refractivity contribution in [2.75, 3.05) is 11.9 Å². The van der Waals surface area contributed by atoms with Crippen molar-refractivity contribution in [3.8, 4) is 11.8 Å². The van der Waals surface area contributed by atoms with Gasteiger partial charge in [0, 0.05) is 16.8 Å². The largest absolute Gasteiger partial charge is 0.322 e. The molecule has 0 saturated carbocycles. The molecular weight excluding hydrogens is 267 g/mol. The first-order chi connectivity index (χ1) is 10.1. The zero-order valence-corrected chi connectivity index (χ0v) is 11.6. The molecule has 0 heterocycles. The van der Waals surface area contributed by atoms with Gasteiger partial charge in [-0.1, -0.05) is 17.9 Å². The molecule has 0 fully saturated rings. The molecule has 106 valence electrons. The van der Waals surface area contributed by atoms with Crippen LogP contribution in [0.5, 0.6) is 0 Å².